The number of nitrogens with one attached hydrogen (secondary N) is 1. The number of nitrogens with zero attached hydrogens (tertiary/aromatic N) is 3. The van der Waals surface area contributed by atoms with Crippen LogP contribution in [0.15, 0.2) is 30.5 Å². The van der Waals surface area contributed by atoms with Gasteiger partial charge in [0.2, 0.25) is 0 Å². The maximum atomic E-state index is 4.25. The van der Waals surface area contributed by atoms with Crippen molar-refractivity contribution in [2.24, 2.45) is 11.8 Å². The van der Waals surface area contributed by atoms with Crippen molar-refractivity contribution in [3.63, 3.8) is 0 Å². The van der Waals surface area contributed by atoms with E-state index in [1.807, 2.05) is 18.3 Å². The summed E-state index contributed by atoms with van der Waals surface area (Å²) in [5, 5.41) is 13.2. The molecule has 4 rings (SSSR count). The predicted octanol–water partition coefficient (Wildman–Crippen LogP) is 2.06. The van der Waals surface area contributed by atoms with Gasteiger partial charge in [0.15, 0.2) is 0 Å². The summed E-state index contributed by atoms with van der Waals surface area (Å²) >= 11 is 0. The maximum absolute atomic E-state index is 4.25. The Bertz CT molecular complexity index is 621. The topological polar surface area (TPSA) is 41.0 Å². The van der Waals surface area contributed by atoms with E-state index in [1.165, 1.54) is 17.5 Å². The van der Waals surface area contributed by atoms with Crippen molar-refractivity contribution in [2.75, 3.05) is 24.5 Å². The second-order valence-electron chi connectivity index (χ2n) is 5.96. The van der Waals surface area contributed by atoms with Gasteiger partial charge in [-0.2, -0.15) is 10.2 Å². The van der Waals surface area contributed by atoms with Gasteiger partial charge < -0.3 is 10.2 Å². The van der Waals surface area contributed by atoms with E-state index in [-0.39, 0.29) is 0 Å². The average Bonchev–Trinajstić information content (AvgIpc) is 3.06. The molecule has 0 radical (unpaired) electrons. The van der Waals surface area contributed by atoms with Gasteiger partial charge >= 0.3 is 0 Å². The Labute approximate surface area is 119 Å². The highest BCUT2D eigenvalue weighted by atomic mass is 15.2. The van der Waals surface area contributed by atoms with Gasteiger partial charge in [-0.1, -0.05) is 25.1 Å². The zero-order valence-electron chi connectivity index (χ0n) is 11.8. The third kappa shape index (κ3) is 1.71. The van der Waals surface area contributed by atoms with Gasteiger partial charge in [0.1, 0.15) is 0 Å². The van der Waals surface area contributed by atoms with Crippen LogP contribution in [0.3, 0.4) is 0 Å². The van der Waals surface area contributed by atoms with Crippen LogP contribution in [0.4, 0.5) is 5.69 Å². The molecule has 3 unspecified atom stereocenters. The molecule has 1 N–H and O–H groups in total. The third-order valence-electron chi connectivity index (χ3n) is 4.97. The molecule has 0 saturated carbocycles. The average molecular weight is 268 g/mol. The first-order valence-corrected chi connectivity index (χ1v) is 7.56. The van der Waals surface area contributed by atoms with Crippen LogP contribution in [-0.4, -0.2) is 35.9 Å². The summed E-state index contributed by atoms with van der Waals surface area (Å²) in [6.07, 6.45) is 3.14. The largest absolute Gasteiger partial charge is 0.366 e. The normalized spacial score (nSPS) is 29.1. The Balaban J connectivity index is 1.79. The SMILES string of the molecule is CCC1C2CNCC2CN1c1cnnc2ccccc12. The zero-order valence-corrected chi connectivity index (χ0v) is 11.8. The number of hydrogen-bond donors (Lipinski definition) is 1. The summed E-state index contributed by atoms with van der Waals surface area (Å²) in [5.74, 6) is 1.57. The third-order valence-corrected chi connectivity index (χ3v) is 4.97. The lowest BCUT2D eigenvalue weighted by molar-refractivity contribution is 0.442. The van der Waals surface area contributed by atoms with Crippen molar-refractivity contribution < 1.29 is 0 Å². The molecule has 20 heavy (non-hydrogen) atoms. The molecular formula is C16H20N4. The Morgan fingerprint density at radius 2 is 2.20 bits per heavy atom. The van der Waals surface area contributed by atoms with Gasteiger partial charge in [-0.05, 0) is 24.3 Å². The van der Waals surface area contributed by atoms with Crippen LogP contribution >= 0.6 is 0 Å². The van der Waals surface area contributed by atoms with Crippen LogP contribution in [0.25, 0.3) is 10.9 Å². The molecule has 1 aromatic carbocycles. The molecule has 2 aliphatic rings. The fraction of sp³-hybridized carbons (Fsp3) is 0.500. The van der Waals surface area contributed by atoms with Crippen molar-refractivity contribution in [3.8, 4) is 0 Å². The fourth-order valence-corrected chi connectivity index (χ4v) is 4.04. The standard InChI is InChI=1S/C16H20N4/c1-2-15-13-8-17-7-11(13)10-20(15)16-9-18-19-14-6-4-3-5-12(14)16/h3-6,9,11,13,15,17H,2,7-8,10H2,1H3. The van der Waals surface area contributed by atoms with Gasteiger partial charge in [0, 0.05) is 31.1 Å². The van der Waals surface area contributed by atoms with Crippen LogP contribution in [0.2, 0.25) is 0 Å². The van der Waals surface area contributed by atoms with Crippen molar-refractivity contribution >= 4 is 16.6 Å². The number of hydrogen-bond acceptors (Lipinski definition) is 4. The highest BCUT2D eigenvalue weighted by Gasteiger charge is 2.43. The zero-order chi connectivity index (χ0) is 13.5. The van der Waals surface area contributed by atoms with E-state index >= 15 is 0 Å². The molecule has 1 aromatic heterocycles. The number of fused-ring (bicyclic) bond motifs is 2. The highest BCUT2D eigenvalue weighted by molar-refractivity contribution is 5.91. The smallest absolute Gasteiger partial charge is 0.0950 e. The lowest BCUT2D eigenvalue weighted by Crippen LogP contribution is -2.35. The van der Waals surface area contributed by atoms with E-state index < -0.39 is 0 Å². The molecule has 2 saturated heterocycles. The minimum absolute atomic E-state index is 0.627. The quantitative estimate of drug-likeness (QED) is 0.905. The first-order chi connectivity index (χ1) is 9.88. The summed E-state index contributed by atoms with van der Waals surface area (Å²) in [7, 11) is 0. The molecule has 104 valence electrons. The Morgan fingerprint density at radius 1 is 1.30 bits per heavy atom. The Hall–Kier alpha value is -1.68. The highest BCUT2D eigenvalue weighted by Crippen LogP contribution is 2.39. The lowest BCUT2D eigenvalue weighted by atomic mass is 9.93. The lowest BCUT2D eigenvalue weighted by Gasteiger charge is -2.29. The summed E-state index contributed by atoms with van der Waals surface area (Å²) in [6, 6.07) is 8.96. The van der Waals surface area contributed by atoms with E-state index in [1.54, 1.807) is 0 Å². The van der Waals surface area contributed by atoms with Gasteiger partial charge in [0.05, 0.1) is 17.4 Å². The van der Waals surface area contributed by atoms with Crippen LogP contribution in [0, 0.1) is 11.8 Å². The molecule has 0 aliphatic carbocycles. The van der Waals surface area contributed by atoms with Crippen LogP contribution in [0.5, 0.6) is 0 Å². The second-order valence-corrected chi connectivity index (χ2v) is 5.96. The van der Waals surface area contributed by atoms with E-state index in [0.717, 1.165) is 37.0 Å². The Kier molecular flexibility index (Phi) is 2.84. The molecule has 4 heteroatoms. The number of benzene rings is 1. The predicted molar refractivity (Wildman–Crippen MR) is 80.8 cm³/mol. The van der Waals surface area contributed by atoms with Crippen molar-refractivity contribution in [3.05, 3.63) is 30.5 Å². The minimum atomic E-state index is 0.627. The van der Waals surface area contributed by atoms with Crippen molar-refractivity contribution in [1.29, 1.82) is 0 Å². The maximum Gasteiger partial charge on any atom is 0.0950 e. The van der Waals surface area contributed by atoms with Crippen LogP contribution < -0.4 is 10.2 Å². The van der Waals surface area contributed by atoms with Crippen molar-refractivity contribution in [1.82, 2.24) is 15.5 Å². The van der Waals surface area contributed by atoms with E-state index in [9.17, 15) is 0 Å². The number of aromatic nitrogens is 2. The fourth-order valence-electron chi connectivity index (χ4n) is 4.04. The van der Waals surface area contributed by atoms with Gasteiger partial charge in [0.25, 0.3) is 0 Å². The van der Waals surface area contributed by atoms with Crippen molar-refractivity contribution in [2.45, 2.75) is 19.4 Å². The van der Waals surface area contributed by atoms with Gasteiger partial charge in [-0.25, -0.2) is 0 Å². The molecule has 0 spiro atoms. The molecule has 3 heterocycles. The summed E-state index contributed by atoms with van der Waals surface area (Å²) in [4.78, 5) is 2.58. The monoisotopic (exact) mass is 268 g/mol. The summed E-state index contributed by atoms with van der Waals surface area (Å²) < 4.78 is 0. The molecule has 4 nitrogen and oxygen atoms in total. The van der Waals surface area contributed by atoms with E-state index in [4.69, 9.17) is 0 Å². The molecule has 2 aromatic rings. The van der Waals surface area contributed by atoms with E-state index in [0.29, 0.717) is 6.04 Å². The summed E-state index contributed by atoms with van der Waals surface area (Å²) in [5.41, 5.74) is 2.26. The molecule has 0 bridgehead atoms. The number of rotatable bonds is 2. The van der Waals surface area contributed by atoms with E-state index in [2.05, 4.69) is 39.5 Å². The first-order valence-electron chi connectivity index (χ1n) is 7.56. The first kappa shape index (κ1) is 12.1. The molecule has 3 atom stereocenters. The number of anilines is 1. The second kappa shape index (κ2) is 4.70. The van der Waals surface area contributed by atoms with Crippen LogP contribution in [0.1, 0.15) is 13.3 Å². The summed E-state index contributed by atoms with van der Waals surface area (Å²) in [6.45, 7) is 5.77. The Morgan fingerprint density at radius 3 is 3.10 bits per heavy atom. The molecule has 0 amide bonds. The molecule has 2 fully saturated rings. The minimum Gasteiger partial charge on any atom is -0.366 e. The molecule has 2 aliphatic heterocycles. The van der Waals surface area contributed by atoms with Crippen LogP contribution in [-0.2, 0) is 0 Å². The van der Waals surface area contributed by atoms with Gasteiger partial charge in [-0.3, -0.25) is 0 Å². The molecular weight excluding hydrogens is 248 g/mol. The van der Waals surface area contributed by atoms with Gasteiger partial charge in [-0.15, -0.1) is 0 Å².